The van der Waals surface area contributed by atoms with E-state index in [0.29, 0.717) is 11.3 Å². The van der Waals surface area contributed by atoms with E-state index in [1.54, 1.807) is 30.3 Å². The number of amides is 1. The first-order chi connectivity index (χ1) is 12.1. The van der Waals surface area contributed by atoms with Gasteiger partial charge in [-0.3, -0.25) is 9.59 Å². The second-order valence-corrected chi connectivity index (χ2v) is 5.25. The standard InChI is InChI=1S/C19H18N2O4/c22-18(12-6-14-4-2-1-3-5-14)20-16-9-7-15(8-10-16)17(21-25)11-13-19(23)24/h1-10,12,25H,11,13H2,(H,20,22)(H,23,24)/b12-6+,21-17+. The van der Waals surface area contributed by atoms with Crippen molar-refractivity contribution in [3.8, 4) is 0 Å². The zero-order valence-electron chi connectivity index (χ0n) is 13.4. The lowest BCUT2D eigenvalue weighted by atomic mass is 10.1. The predicted molar refractivity (Wildman–Crippen MR) is 95.7 cm³/mol. The maximum absolute atomic E-state index is 11.9. The molecule has 25 heavy (non-hydrogen) atoms. The minimum absolute atomic E-state index is 0.122. The van der Waals surface area contributed by atoms with Crippen molar-refractivity contribution >= 4 is 29.4 Å². The number of carbonyl (C=O) groups excluding carboxylic acids is 1. The molecule has 0 aromatic heterocycles. The predicted octanol–water partition coefficient (Wildman–Crippen LogP) is 3.38. The highest BCUT2D eigenvalue weighted by Gasteiger charge is 2.08. The fraction of sp³-hybridized carbons (Fsp3) is 0.105. The molecule has 6 nitrogen and oxygen atoms in total. The van der Waals surface area contributed by atoms with Crippen molar-refractivity contribution in [3.63, 3.8) is 0 Å². The minimum atomic E-state index is -0.963. The van der Waals surface area contributed by atoms with Crippen LogP contribution in [0.5, 0.6) is 0 Å². The highest BCUT2D eigenvalue weighted by atomic mass is 16.4. The molecule has 128 valence electrons. The second kappa shape index (κ2) is 9.02. The van der Waals surface area contributed by atoms with Gasteiger partial charge in [0.25, 0.3) is 0 Å². The van der Waals surface area contributed by atoms with Crippen molar-refractivity contribution in [2.24, 2.45) is 5.16 Å². The van der Waals surface area contributed by atoms with Gasteiger partial charge in [0.05, 0.1) is 12.1 Å². The van der Waals surface area contributed by atoms with E-state index >= 15 is 0 Å². The molecule has 0 aliphatic carbocycles. The summed E-state index contributed by atoms with van der Waals surface area (Å²) in [5.41, 5.74) is 2.39. The van der Waals surface area contributed by atoms with Crippen LogP contribution in [0.25, 0.3) is 6.08 Å². The third-order valence-corrected chi connectivity index (χ3v) is 3.41. The molecule has 0 atom stereocenters. The highest BCUT2D eigenvalue weighted by Crippen LogP contribution is 2.13. The molecule has 0 heterocycles. The van der Waals surface area contributed by atoms with E-state index in [-0.39, 0.29) is 24.5 Å². The lowest BCUT2D eigenvalue weighted by Crippen LogP contribution is -2.09. The first-order valence-electron chi connectivity index (χ1n) is 7.66. The molecule has 2 rings (SSSR count). The Morgan fingerprint density at radius 2 is 1.68 bits per heavy atom. The van der Waals surface area contributed by atoms with Gasteiger partial charge in [0.2, 0.25) is 5.91 Å². The van der Waals surface area contributed by atoms with Gasteiger partial charge >= 0.3 is 5.97 Å². The van der Waals surface area contributed by atoms with Crippen molar-refractivity contribution in [1.29, 1.82) is 0 Å². The molecule has 2 aromatic carbocycles. The fourth-order valence-electron chi connectivity index (χ4n) is 2.14. The van der Waals surface area contributed by atoms with E-state index in [1.807, 2.05) is 30.3 Å². The summed E-state index contributed by atoms with van der Waals surface area (Å²) in [6.07, 6.45) is 3.16. The number of aliphatic carboxylic acids is 1. The summed E-state index contributed by atoms with van der Waals surface area (Å²) in [5, 5.41) is 23.6. The number of nitrogens with one attached hydrogen (secondary N) is 1. The number of nitrogens with zero attached hydrogens (tertiary/aromatic N) is 1. The third-order valence-electron chi connectivity index (χ3n) is 3.41. The van der Waals surface area contributed by atoms with E-state index in [9.17, 15) is 9.59 Å². The first-order valence-corrected chi connectivity index (χ1v) is 7.66. The quantitative estimate of drug-likeness (QED) is 0.312. The van der Waals surface area contributed by atoms with Crippen molar-refractivity contribution in [2.45, 2.75) is 12.8 Å². The van der Waals surface area contributed by atoms with Crippen LogP contribution in [0.4, 0.5) is 5.69 Å². The van der Waals surface area contributed by atoms with Gasteiger partial charge < -0.3 is 15.6 Å². The zero-order valence-corrected chi connectivity index (χ0v) is 13.4. The Balaban J connectivity index is 1.96. The Bertz CT molecular complexity index is 781. The third kappa shape index (κ3) is 5.95. The maximum Gasteiger partial charge on any atom is 0.303 e. The number of oxime groups is 1. The molecule has 0 fully saturated rings. The monoisotopic (exact) mass is 338 g/mol. The molecule has 2 aromatic rings. The van der Waals surface area contributed by atoms with Crippen LogP contribution in [0.3, 0.4) is 0 Å². The molecular formula is C19H18N2O4. The van der Waals surface area contributed by atoms with Gasteiger partial charge in [-0.05, 0) is 29.3 Å². The lowest BCUT2D eigenvalue weighted by molar-refractivity contribution is -0.136. The number of carboxylic acid groups (broad SMARTS) is 1. The average molecular weight is 338 g/mol. The van der Waals surface area contributed by atoms with Crippen molar-refractivity contribution in [2.75, 3.05) is 5.32 Å². The molecular weight excluding hydrogens is 320 g/mol. The van der Waals surface area contributed by atoms with Crippen molar-refractivity contribution in [3.05, 3.63) is 71.8 Å². The molecule has 3 N–H and O–H groups in total. The molecule has 0 aliphatic rings. The second-order valence-electron chi connectivity index (χ2n) is 5.25. The summed E-state index contributed by atoms with van der Waals surface area (Å²) in [4.78, 5) is 22.5. The molecule has 6 heteroatoms. The maximum atomic E-state index is 11.9. The smallest absolute Gasteiger partial charge is 0.303 e. The van der Waals surface area contributed by atoms with Gasteiger partial charge in [-0.1, -0.05) is 47.6 Å². The van der Waals surface area contributed by atoms with Crippen LogP contribution in [0.15, 0.2) is 65.8 Å². The fourth-order valence-corrected chi connectivity index (χ4v) is 2.14. The number of carboxylic acids is 1. The largest absolute Gasteiger partial charge is 0.481 e. The Labute approximate surface area is 145 Å². The number of anilines is 1. The lowest BCUT2D eigenvalue weighted by Gasteiger charge is -2.06. The normalized spacial score (nSPS) is 11.4. The van der Waals surface area contributed by atoms with Gasteiger partial charge in [-0.2, -0.15) is 0 Å². The average Bonchev–Trinajstić information content (AvgIpc) is 2.62. The van der Waals surface area contributed by atoms with E-state index in [4.69, 9.17) is 10.3 Å². The van der Waals surface area contributed by atoms with Crippen molar-refractivity contribution < 1.29 is 19.9 Å². The summed E-state index contributed by atoms with van der Waals surface area (Å²) in [6.45, 7) is 0. The Morgan fingerprint density at radius 1 is 1.00 bits per heavy atom. The Hall–Kier alpha value is -3.41. The van der Waals surface area contributed by atoms with Gasteiger partial charge in [0.15, 0.2) is 0 Å². The van der Waals surface area contributed by atoms with Gasteiger partial charge in [-0.25, -0.2) is 0 Å². The molecule has 0 saturated heterocycles. The number of benzene rings is 2. The van der Waals surface area contributed by atoms with Gasteiger partial charge in [-0.15, -0.1) is 0 Å². The number of hydrogen-bond donors (Lipinski definition) is 3. The Kier molecular flexibility index (Phi) is 6.47. The van der Waals surface area contributed by atoms with Crippen LogP contribution in [0.2, 0.25) is 0 Å². The first kappa shape index (κ1) is 17.9. The SMILES string of the molecule is O=C(O)CC/C(=N\O)c1ccc(NC(=O)/C=C/c2ccccc2)cc1. The molecule has 0 aliphatic heterocycles. The van der Waals surface area contributed by atoms with Crippen LogP contribution < -0.4 is 5.32 Å². The van der Waals surface area contributed by atoms with Crippen LogP contribution in [0.1, 0.15) is 24.0 Å². The molecule has 1 amide bonds. The number of hydrogen-bond acceptors (Lipinski definition) is 4. The summed E-state index contributed by atoms with van der Waals surface area (Å²) in [7, 11) is 0. The molecule has 0 saturated carbocycles. The summed E-state index contributed by atoms with van der Waals surface area (Å²) in [6, 6.07) is 16.1. The van der Waals surface area contributed by atoms with Gasteiger partial charge in [0.1, 0.15) is 0 Å². The number of rotatable bonds is 7. The number of carbonyl (C=O) groups is 2. The van der Waals surface area contributed by atoms with Crippen LogP contribution >= 0.6 is 0 Å². The molecule has 0 spiro atoms. The summed E-state index contributed by atoms with van der Waals surface area (Å²) >= 11 is 0. The summed E-state index contributed by atoms with van der Waals surface area (Å²) < 4.78 is 0. The molecule has 0 bridgehead atoms. The van der Waals surface area contributed by atoms with Gasteiger partial charge in [0, 0.05) is 18.2 Å². The molecule has 0 radical (unpaired) electrons. The van der Waals surface area contributed by atoms with Crippen LogP contribution in [-0.2, 0) is 9.59 Å². The van der Waals surface area contributed by atoms with Crippen LogP contribution in [0, 0.1) is 0 Å². The van der Waals surface area contributed by atoms with Crippen LogP contribution in [-0.4, -0.2) is 27.9 Å². The zero-order chi connectivity index (χ0) is 18.1. The van der Waals surface area contributed by atoms with E-state index in [0.717, 1.165) is 5.56 Å². The minimum Gasteiger partial charge on any atom is -0.481 e. The Morgan fingerprint density at radius 3 is 2.28 bits per heavy atom. The topological polar surface area (TPSA) is 99.0 Å². The van der Waals surface area contributed by atoms with Crippen molar-refractivity contribution in [1.82, 2.24) is 0 Å². The van der Waals surface area contributed by atoms with E-state index in [2.05, 4.69) is 10.5 Å². The summed E-state index contributed by atoms with van der Waals surface area (Å²) in [5.74, 6) is -1.23. The van der Waals surface area contributed by atoms with E-state index in [1.165, 1.54) is 6.08 Å². The molecule has 0 unspecified atom stereocenters. The van der Waals surface area contributed by atoms with E-state index < -0.39 is 5.97 Å². The highest BCUT2D eigenvalue weighted by molar-refractivity contribution is 6.03.